The predicted molar refractivity (Wildman–Crippen MR) is 101 cm³/mol. The van der Waals surface area contributed by atoms with Gasteiger partial charge in [-0.05, 0) is 31.9 Å². The van der Waals surface area contributed by atoms with Crippen LogP contribution < -0.4 is 4.72 Å². The fourth-order valence-corrected chi connectivity index (χ4v) is 5.48. The quantitative estimate of drug-likeness (QED) is 0.818. The van der Waals surface area contributed by atoms with E-state index in [-0.39, 0.29) is 18.9 Å². The van der Waals surface area contributed by atoms with Crippen LogP contribution in [0.4, 0.5) is 0 Å². The molecule has 0 atom stereocenters. The smallest absolute Gasteiger partial charge is 0.241 e. The van der Waals surface area contributed by atoms with E-state index in [9.17, 15) is 13.2 Å². The molecule has 2 aliphatic rings. The Hall–Kier alpha value is -1.48. The van der Waals surface area contributed by atoms with E-state index in [2.05, 4.69) is 4.72 Å². The molecule has 1 aromatic rings. The first-order chi connectivity index (χ1) is 12.7. The topological polar surface area (TPSA) is 84.9 Å². The third kappa shape index (κ3) is 4.51. The lowest BCUT2D eigenvalue weighted by Gasteiger charge is -2.37. The highest BCUT2D eigenvalue weighted by atomic mass is 32.2. The first kappa shape index (κ1) is 20.3. The van der Waals surface area contributed by atoms with Gasteiger partial charge in [-0.15, -0.1) is 0 Å². The van der Waals surface area contributed by atoms with Crippen molar-refractivity contribution in [1.29, 1.82) is 0 Å². The molecule has 1 N–H and O–H groups in total. The molecule has 0 saturated carbocycles. The van der Waals surface area contributed by atoms with Gasteiger partial charge in [0.25, 0.3) is 0 Å². The number of hydrogen-bond acceptors (Lipinski definition) is 5. The molecule has 3 rings (SSSR count). The number of amides is 1. The fraction of sp³-hybridized carbons (Fsp3) is 0.632. The largest absolute Gasteiger partial charge is 0.347 e. The number of sulfonamides is 1. The standard InChI is InChI=1S/C19H28N2O5S/c1-14-12-15(2)18(16(3)13-14)27(23,24)20-7-4-17(22)21-8-5-19(6-9-21)25-10-11-26-19/h12-13,20H,4-11H2,1-3H3. The van der Waals surface area contributed by atoms with Crippen molar-refractivity contribution in [3.8, 4) is 0 Å². The minimum absolute atomic E-state index is 0.0529. The summed E-state index contributed by atoms with van der Waals surface area (Å²) in [5, 5.41) is 0. The Morgan fingerprint density at radius 2 is 1.67 bits per heavy atom. The number of rotatable bonds is 5. The number of nitrogens with one attached hydrogen (secondary N) is 1. The SMILES string of the molecule is Cc1cc(C)c(S(=O)(=O)NCCC(=O)N2CCC3(CC2)OCCO3)c(C)c1. The second-order valence-electron chi connectivity index (χ2n) is 7.36. The van der Waals surface area contributed by atoms with Crippen LogP contribution >= 0.6 is 0 Å². The lowest BCUT2D eigenvalue weighted by Crippen LogP contribution is -2.47. The molecule has 0 aliphatic carbocycles. The van der Waals surface area contributed by atoms with Crippen LogP contribution in [0.15, 0.2) is 17.0 Å². The zero-order chi connectivity index (χ0) is 19.7. The highest BCUT2D eigenvalue weighted by Crippen LogP contribution is 2.31. The van der Waals surface area contributed by atoms with E-state index in [1.807, 2.05) is 19.1 Å². The summed E-state index contributed by atoms with van der Waals surface area (Å²) >= 11 is 0. The molecule has 150 valence electrons. The second kappa shape index (κ2) is 7.87. The average molecular weight is 397 g/mol. The number of aryl methyl sites for hydroxylation is 3. The Morgan fingerprint density at radius 3 is 2.22 bits per heavy atom. The number of hydrogen-bond donors (Lipinski definition) is 1. The van der Waals surface area contributed by atoms with Crippen LogP contribution in [-0.4, -0.2) is 57.9 Å². The normalized spacial score (nSPS) is 19.6. The van der Waals surface area contributed by atoms with Crippen molar-refractivity contribution in [3.05, 3.63) is 28.8 Å². The van der Waals surface area contributed by atoms with Gasteiger partial charge < -0.3 is 14.4 Å². The number of nitrogens with zero attached hydrogens (tertiary/aromatic N) is 1. The zero-order valence-corrected chi connectivity index (χ0v) is 17.0. The number of piperidine rings is 1. The molecule has 0 aromatic heterocycles. The van der Waals surface area contributed by atoms with Crippen molar-refractivity contribution < 1.29 is 22.7 Å². The molecule has 0 unspecified atom stereocenters. The minimum atomic E-state index is -3.64. The summed E-state index contributed by atoms with van der Waals surface area (Å²) in [5.74, 6) is -0.568. The second-order valence-corrected chi connectivity index (χ2v) is 9.07. The van der Waals surface area contributed by atoms with E-state index >= 15 is 0 Å². The molecule has 27 heavy (non-hydrogen) atoms. The van der Waals surface area contributed by atoms with Crippen molar-refractivity contribution in [2.75, 3.05) is 32.8 Å². The van der Waals surface area contributed by atoms with E-state index in [0.717, 1.165) is 5.56 Å². The number of carbonyl (C=O) groups is 1. The molecule has 0 radical (unpaired) electrons. The van der Waals surface area contributed by atoms with E-state index in [4.69, 9.17) is 9.47 Å². The molecule has 1 spiro atoms. The van der Waals surface area contributed by atoms with Gasteiger partial charge in [-0.2, -0.15) is 0 Å². The summed E-state index contributed by atoms with van der Waals surface area (Å²) < 4.78 is 39.2. The van der Waals surface area contributed by atoms with Crippen LogP contribution in [0.3, 0.4) is 0 Å². The average Bonchev–Trinajstić information content (AvgIpc) is 3.02. The molecule has 0 bridgehead atoms. The highest BCUT2D eigenvalue weighted by Gasteiger charge is 2.40. The van der Waals surface area contributed by atoms with Gasteiger partial charge in [0.1, 0.15) is 0 Å². The van der Waals surface area contributed by atoms with Crippen LogP contribution in [0, 0.1) is 20.8 Å². The molecule has 7 nitrogen and oxygen atoms in total. The maximum absolute atomic E-state index is 12.6. The third-order valence-corrected chi connectivity index (χ3v) is 6.96. The Kier molecular flexibility index (Phi) is 5.90. The molecule has 2 saturated heterocycles. The highest BCUT2D eigenvalue weighted by molar-refractivity contribution is 7.89. The molecular weight excluding hydrogens is 368 g/mol. The maximum Gasteiger partial charge on any atom is 0.241 e. The summed E-state index contributed by atoms with van der Waals surface area (Å²) in [6, 6.07) is 3.70. The van der Waals surface area contributed by atoms with Gasteiger partial charge in [0.2, 0.25) is 15.9 Å². The summed E-state index contributed by atoms with van der Waals surface area (Å²) in [5.41, 5.74) is 2.45. The number of likely N-dealkylation sites (tertiary alicyclic amines) is 1. The Bertz CT molecular complexity index is 782. The van der Waals surface area contributed by atoms with E-state index in [0.29, 0.717) is 55.2 Å². The van der Waals surface area contributed by atoms with E-state index < -0.39 is 15.8 Å². The molecule has 1 aromatic carbocycles. The zero-order valence-electron chi connectivity index (χ0n) is 16.2. The lowest BCUT2D eigenvalue weighted by atomic mass is 10.0. The first-order valence-corrected chi connectivity index (χ1v) is 10.8. The lowest BCUT2D eigenvalue weighted by molar-refractivity contribution is -0.187. The number of carbonyl (C=O) groups excluding carboxylic acids is 1. The predicted octanol–water partition coefficient (Wildman–Crippen LogP) is 1.65. The third-order valence-electron chi connectivity index (χ3n) is 5.20. The van der Waals surface area contributed by atoms with Crippen molar-refractivity contribution in [2.45, 2.75) is 50.7 Å². The Balaban J connectivity index is 1.53. The van der Waals surface area contributed by atoms with Gasteiger partial charge in [-0.3, -0.25) is 4.79 Å². The van der Waals surface area contributed by atoms with Gasteiger partial charge in [0, 0.05) is 38.9 Å². The summed E-state index contributed by atoms with van der Waals surface area (Å²) in [6.45, 7) is 7.95. The maximum atomic E-state index is 12.6. The molecule has 8 heteroatoms. The van der Waals surface area contributed by atoms with Gasteiger partial charge >= 0.3 is 0 Å². The Morgan fingerprint density at radius 1 is 1.11 bits per heavy atom. The molecule has 2 aliphatic heterocycles. The van der Waals surface area contributed by atoms with Crippen molar-refractivity contribution >= 4 is 15.9 Å². The van der Waals surface area contributed by atoms with Crippen molar-refractivity contribution in [3.63, 3.8) is 0 Å². The molecular formula is C19H28N2O5S. The van der Waals surface area contributed by atoms with Crippen LogP contribution in [0.25, 0.3) is 0 Å². The van der Waals surface area contributed by atoms with Crippen LogP contribution in [0.1, 0.15) is 36.0 Å². The minimum Gasteiger partial charge on any atom is -0.347 e. The number of benzene rings is 1. The molecule has 2 heterocycles. The molecule has 1 amide bonds. The summed E-state index contributed by atoms with van der Waals surface area (Å²) in [4.78, 5) is 14.5. The fourth-order valence-electron chi connectivity index (χ4n) is 4.00. The van der Waals surface area contributed by atoms with Gasteiger partial charge in [0.05, 0.1) is 18.1 Å². The van der Waals surface area contributed by atoms with Crippen LogP contribution in [0.5, 0.6) is 0 Å². The summed E-state index contributed by atoms with van der Waals surface area (Å²) in [6.07, 6.45) is 1.45. The van der Waals surface area contributed by atoms with Gasteiger partial charge in [-0.25, -0.2) is 13.1 Å². The Labute approximate surface area is 161 Å². The monoisotopic (exact) mass is 396 g/mol. The van der Waals surface area contributed by atoms with Crippen LogP contribution in [0.2, 0.25) is 0 Å². The van der Waals surface area contributed by atoms with Crippen LogP contribution in [-0.2, 0) is 24.3 Å². The van der Waals surface area contributed by atoms with Gasteiger partial charge in [0.15, 0.2) is 5.79 Å². The van der Waals surface area contributed by atoms with Gasteiger partial charge in [-0.1, -0.05) is 17.7 Å². The first-order valence-electron chi connectivity index (χ1n) is 9.36. The van der Waals surface area contributed by atoms with E-state index in [1.165, 1.54) is 0 Å². The van der Waals surface area contributed by atoms with Crippen molar-refractivity contribution in [2.24, 2.45) is 0 Å². The van der Waals surface area contributed by atoms with Crippen molar-refractivity contribution in [1.82, 2.24) is 9.62 Å². The number of ether oxygens (including phenoxy) is 2. The molecule has 2 fully saturated rings. The summed E-state index contributed by atoms with van der Waals surface area (Å²) in [7, 11) is -3.64. The van der Waals surface area contributed by atoms with E-state index in [1.54, 1.807) is 18.7 Å².